The van der Waals surface area contributed by atoms with Gasteiger partial charge in [-0.2, -0.15) is 0 Å². The Morgan fingerprint density at radius 2 is 0.286 bits per heavy atom. The van der Waals surface area contributed by atoms with Gasteiger partial charge < -0.3 is 0 Å². The molecule has 0 N–H and O–H groups in total. The molecule has 0 aliphatic heterocycles. The first kappa shape index (κ1) is 67.5. The van der Waals surface area contributed by atoms with Gasteiger partial charge in [-0.05, 0) is 0 Å². The maximum absolute atomic E-state index is 0. The van der Waals surface area contributed by atoms with Crippen molar-refractivity contribution in [3.8, 4) is 0 Å². The number of hydrogen-bond acceptors (Lipinski definition) is 0. The Balaban J connectivity index is 0. The summed E-state index contributed by atoms with van der Waals surface area (Å²) in [6, 6.07) is 0. The molecule has 0 rings (SSSR count). The van der Waals surface area contributed by atoms with Gasteiger partial charge in [-0.25, -0.2) is 0 Å². The van der Waals surface area contributed by atoms with Crippen molar-refractivity contribution >= 4 is 86.8 Å². The molecule has 0 amide bonds. The summed E-state index contributed by atoms with van der Waals surface area (Å²) in [7, 11) is 0. The minimum absolute atomic E-state index is 0. The summed E-state index contributed by atoms with van der Waals surface area (Å²) < 4.78 is 0. The molecule has 0 aliphatic rings. The Hall–Kier alpha value is 4.09. The molecular weight excluding hydrogens is 231 g/mol. The van der Waals surface area contributed by atoms with Gasteiger partial charge in [0.1, 0.15) is 0 Å². The van der Waals surface area contributed by atoms with Crippen molar-refractivity contribution in [2.75, 3.05) is 0 Å². The Morgan fingerprint density at radius 1 is 0.286 bits per heavy atom. The van der Waals surface area contributed by atoms with Gasteiger partial charge in [0, 0.05) is 43.4 Å². The van der Waals surface area contributed by atoms with E-state index in [-0.39, 0.29) is 130 Å². The molecule has 0 saturated carbocycles. The first-order valence-electron chi connectivity index (χ1n) is 0. The molecule has 0 nitrogen and oxygen atoms in total. The average molecular weight is 246 g/mol. The van der Waals surface area contributed by atoms with Crippen LogP contribution in [0.4, 0.5) is 0 Å². The molecule has 0 aromatic rings. The van der Waals surface area contributed by atoms with Crippen molar-refractivity contribution in [1.29, 1.82) is 0 Å². The van der Waals surface area contributed by atoms with E-state index in [1.165, 1.54) is 0 Å². The van der Waals surface area contributed by atoms with Gasteiger partial charge in [0.05, 0.1) is 0 Å². The molecule has 0 aromatic heterocycles. The first-order valence-corrected chi connectivity index (χ1v) is 0. The number of rotatable bonds is 0. The van der Waals surface area contributed by atoms with E-state index < -0.39 is 0 Å². The van der Waals surface area contributed by atoms with E-state index in [0.29, 0.717) is 0 Å². The van der Waals surface area contributed by atoms with E-state index in [9.17, 15) is 0 Å². The quantitative estimate of drug-likeness (QED) is 0.373. The predicted molar refractivity (Wildman–Crippen MR) is 49.7 cm³/mol. The summed E-state index contributed by atoms with van der Waals surface area (Å²) in [4.78, 5) is 0. The van der Waals surface area contributed by atoms with E-state index in [4.69, 9.17) is 0 Å². The van der Waals surface area contributed by atoms with E-state index >= 15 is 0 Å². The fraction of sp³-hybridized carbons (Fsp3) is 0. The van der Waals surface area contributed by atoms with Crippen LogP contribution in [0.1, 0.15) is 0 Å². The van der Waals surface area contributed by atoms with E-state index in [0.717, 1.165) is 0 Å². The van der Waals surface area contributed by atoms with Crippen molar-refractivity contribution < 1.29 is 43.4 Å². The fourth-order valence-corrected chi connectivity index (χ4v) is 0. The molecule has 0 radical (unpaired) electrons. The Kier molecular flexibility index (Phi) is 480. The monoisotopic (exact) mass is 246 g/mol. The van der Waals surface area contributed by atoms with Crippen LogP contribution in [0.15, 0.2) is 0 Å². The molecule has 0 unspecified atom stereocenters. The van der Waals surface area contributed by atoms with E-state index in [2.05, 4.69) is 0 Å². The molecule has 0 atom stereocenters. The van der Waals surface area contributed by atoms with Crippen molar-refractivity contribution in [3.05, 3.63) is 0 Å². The molecule has 0 aliphatic carbocycles. The van der Waals surface area contributed by atoms with Gasteiger partial charge in [0.15, 0.2) is 86.8 Å². The zero-order valence-corrected chi connectivity index (χ0v) is 4.12. The normalized spacial score (nSPS) is 0. The van der Waals surface area contributed by atoms with Gasteiger partial charge >= 0.3 is 0 Å². The van der Waals surface area contributed by atoms with E-state index in [1.807, 2.05) is 0 Å². The fourth-order valence-electron chi connectivity index (χ4n) is 0. The molecule has 0 fully saturated rings. The predicted octanol–water partition coefficient (Wildman–Crippen LogP) is -5.92. The molecular formula is H15Al5Ti2. The smallest absolute Gasteiger partial charge is 0 e. The second kappa shape index (κ2) is 49.8. The van der Waals surface area contributed by atoms with Crippen LogP contribution in [0.3, 0.4) is 0 Å². The summed E-state index contributed by atoms with van der Waals surface area (Å²) >= 11 is 0. The van der Waals surface area contributed by atoms with Crippen LogP contribution >= 0.6 is 0 Å². The van der Waals surface area contributed by atoms with Crippen LogP contribution in [0.25, 0.3) is 0 Å². The molecule has 0 saturated heterocycles. The van der Waals surface area contributed by atoms with Crippen molar-refractivity contribution in [3.63, 3.8) is 0 Å². The standard InChI is InChI=1S/5Al.2Ti.15H. The summed E-state index contributed by atoms with van der Waals surface area (Å²) in [6.07, 6.45) is 0. The van der Waals surface area contributed by atoms with Gasteiger partial charge in [-0.15, -0.1) is 0 Å². The maximum Gasteiger partial charge on any atom is 0.187 e. The topological polar surface area (TPSA) is 0 Å². The zero-order chi connectivity index (χ0) is 0. The minimum Gasteiger partial charge on any atom is 0 e. The van der Waals surface area contributed by atoms with Gasteiger partial charge in [0.2, 0.25) is 0 Å². The molecule has 0 spiro atoms. The minimum atomic E-state index is 0. The van der Waals surface area contributed by atoms with Crippen LogP contribution in [0, 0.1) is 0 Å². The molecule has 7 heavy (non-hydrogen) atoms. The molecule has 7 heteroatoms. The largest absolute Gasteiger partial charge is 0.187 e. The third-order valence-electron chi connectivity index (χ3n) is 0. The van der Waals surface area contributed by atoms with Crippen molar-refractivity contribution in [2.24, 2.45) is 0 Å². The van der Waals surface area contributed by atoms with Gasteiger partial charge in [-0.3, -0.25) is 0 Å². The second-order valence-corrected chi connectivity index (χ2v) is 0. The summed E-state index contributed by atoms with van der Waals surface area (Å²) in [5.74, 6) is 0. The van der Waals surface area contributed by atoms with Crippen LogP contribution in [-0.4, -0.2) is 86.8 Å². The van der Waals surface area contributed by atoms with Gasteiger partial charge in [0.25, 0.3) is 0 Å². The Morgan fingerprint density at radius 3 is 0.286 bits per heavy atom. The van der Waals surface area contributed by atoms with Crippen LogP contribution in [0.2, 0.25) is 0 Å². The SMILES string of the molecule is [AlH3].[AlH3].[AlH3].[AlH3].[AlH3].[Ti].[Ti]. The van der Waals surface area contributed by atoms with Gasteiger partial charge in [-0.1, -0.05) is 0 Å². The number of hydrogen-bond donors (Lipinski definition) is 0. The summed E-state index contributed by atoms with van der Waals surface area (Å²) in [6.45, 7) is 0. The van der Waals surface area contributed by atoms with Crippen LogP contribution < -0.4 is 0 Å². The second-order valence-electron chi connectivity index (χ2n) is 0. The Bertz CT molecular complexity index is 6.04. The molecule has 0 bridgehead atoms. The molecule has 0 heterocycles. The van der Waals surface area contributed by atoms with E-state index in [1.54, 1.807) is 0 Å². The third kappa shape index (κ3) is 39.5. The first-order chi connectivity index (χ1) is 0. The average Bonchev–Trinajstić information content (AvgIpc) is 0. The maximum atomic E-state index is 0. The zero-order valence-electron chi connectivity index (χ0n) is 1.00. The summed E-state index contributed by atoms with van der Waals surface area (Å²) in [5, 5.41) is 0. The van der Waals surface area contributed by atoms with Crippen molar-refractivity contribution in [2.45, 2.75) is 0 Å². The molecule has 38 valence electrons. The van der Waals surface area contributed by atoms with Crippen molar-refractivity contribution in [1.82, 2.24) is 0 Å². The van der Waals surface area contributed by atoms with Crippen LogP contribution in [-0.2, 0) is 43.4 Å². The molecule has 0 aromatic carbocycles. The summed E-state index contributed by atoms with van der Waals surface area (Å²) in [5.41, 5.74) is 0. The third-order valence-corrected chi connectivity index (χ3v) is 0. The van der Waals surface area contributed by atoms with Crippen LogP contribution in [0.5, 0.6) is 0 Å². The Labute approximate surface area is 128 Å².